The number of benzene rings is 2. The van der Waals surface area contributed by atoms with Crippen molar-refractivity contribution in [1.29, 1.82) is 0 Å². The minimum atomic E-state index is -3.67. The van der Waals surface area contributed by atoms with E-state index >= 15 is 0 Å². The van der Waals surface area contributed by atoms with Gasteiger partial charge in [-0.2, -0.15) is 0 Å². The van der Waals surface area contributed by atoms with Gasteiger partial charge in [0.05, 0.1) is 16.8 Å². The Labute approximate surface area is 160 Å². The monoisotopic (exact) mass is 432 g/mol. The maximum Gasteiger partial charge on any atom is 0.261 e. The van der Waals surface area contributed by atoms with Crippen LogP contribution in [0.15, 0.2) is 62.4 Å². The summed E-state index contributed by atoms with van der Waals surface area (Å²) < 4.78 is 34.3. The maximum absolute atomic E-state index is 12.6. The molecule has 1 N–H and O–H groups in total. The molecule has 1 aliphatic rings. The number of nitrogens with one attached hydrogen (secondary N) is 1. The highest BCUT2D eigenvalue weighted by Crippen LogP contribution is 2.40. The van der Waals surface area contributed by atoms with Gasteiger partial charge in [-0.25, -0.2) is 13.4 Å². The molecule has 1 aromatic heterocycles. The Kier molecular flexibility index (Phi) is 4.36. The SMILES string of the molecule is Cc1ccc(NS(=O)(=O)c2ccc(-c3cnc(C4CC4)o3)cc2)c(Br)c1. The number of anilines is 1. The summed E-state index contributed by atoms with van der Waals surface area (Å²) in [5, 5.41) is 0. The van der Waals surface area contributed by atoms with Gasteiger partial charge in [-0.15, -0.1) is 0 Å². The van der Waals surface area contributed by atoms with Crippen molar-refractivity contribution >= 4 is 31.6 Å². The zero-order chi connectivity index (χ0) is 18.3. The standard InChI is InChI=1S/C19H17BrN2O3S/c1-12-2-9-17(16(20)10-12)22-26(23,24)15-7-5-13(6-8-15)18-11-21-19(25-18)14-3-4-14/h2,5-11,14,22H,3-4H2,1H3. The molecule has 26 heavy (non-hydrogen) atoms. The van der Waals surface area contributed by atoms with Gasteiger partial charge in [0.2, 0.25) is 0 Å². The van der Waals surface area contributed by atoms with Crippen LogP contribution in [0.4, 0.5) is 5.69 Å². The fourth-order valence-corrected chi connectivity index (χ4v) is 4.45. The van der Waals surface area contributed by atoms with Crippen molar-refractivity contribution in [3.63, 3.8) is 0 Å². The van der Waals surface area contributed by atoms with E-state index in [9.17, 15) is 8.42 Å². The van der Waals surface area contributed by atoms with Crippen LogP contribution >= 0.6 is 15.9 Å². The van der Waals surface area contributed by atoms with E-state index in [0.717, 1.165) is 29.9 Å². The Morgan fingerprint density at radius 1 is 1.15 bits per heavy atom. The van der Waals surface area contributed by atoms with Crippen LogP contribution in [0.2, 0.25) is 0 Å². The molecular weight excluding hydrogens is 416 g/mol. The summed E-state index contributed by atoms with van der Waals surface area (Å²) in [6.45, 7) is 1.94. The lowest BCUT2D eigenvalue weighted by atomic mass is 10.2. The fraction of sp³-hybridized carbons (Fsp3) is 0.211. The van der Waals surface area contributed by atoms with Crippen LogP contribution in [0.1, 0.15) is 30.2 Å². The molecular formula is C19H17BrN2O3S. The zero-order valence-corrected chi connectivity index (χ0v) is 16.5. The summed E-state index contributed by atoms with van der Waals surface area (Å²) in [4.78, 5) is 4.49. The average Bonchev–Trinajstić information content (AvgIpc) is 3.35. The Balaban J connectivity index is 1.56. The number of hydrogen-bond donors (Lipinski definition) is 1. The second-order valence-corrected chi connectivity index (χ2v) is 8.99. The van der Waals surface area contributed by atoms with E-state index in [1.54, 1.807) is 36.5 Å². The quantitative estimate of drug-likeness (QED) is 0.609. The summed E-state index contributed by atoms with van der Waals surface area (Å²) in [5.74, 6) is 1.87. The molecule has 3 aromatic rings. The van der Waals surface area contributed by atoms with Crippen LogP contribution in [-0.2, 0) is 10.0 Å². The summed E-state index contributed by atoms with van der Waals surface area (Å²) in [6, 6.07) is 12.1. The Morgan fingerprint density at radius 2 is 1.88 bits per heavy atom. The number of sulfonamides is 1. The molecule has 0 saturated heterocycles. The molecule has 0 radical (unpaired) electrons. The van der Waals surface area contributed by atoms with Crippen molar-refractivity contribution in [3.05, 3.63) is 64.6 Å². The first-order valence-electron chi connectivity index (χ1n) is 8.27. The fourth-order valence-electron chi connectivity index (χ4n) is 2.65. The van der Waals surface area contributed by atoms with E-state index < -0.39 is 10.0 Å². The van der Waals surface area contributed by atoms with Gasteiger partial charge in [0.15, 0.2) is 11.7 Å². The van der Waals surface area contributed by atoms with Crippen LogP contribution in [-0.4, -0.2) is 13.4 Å². The molecule has 0 amide bonds. The van der Waals surface area contributed by atoms with Gasteiger partial charge in [-0.05, 0) is 77.7 Å². The molecule has 1 saturated carbocycles. The number of aromatic nitrogens is 1. The summed E-state index contributed by atoms with van der Waals surface area (Å²) in [7, 11) is -3.67. The minimum Gasteiger partial charge on any atom is -0.440 e. The molecule has 0 unspecified atom stereocenters. The number of hydrogen-bond acceptors (Lipinski definition) is 4. The maximum atomic E-state index is 12.6. The van der Waals surface area contributed by atoms with Gasteiger partial charge in [-0.1, -0.05) is 6.07 Å². The second-order valence-electron chi connectivity index (χ2n) is 6.45. The third-order valence-electron chi connectivity index (χ3n) is 4.27. The molecule has 7 heteroatoms. The number of aryl methyl sites for hydroxylation is 1. The van der Waals surface area contributed by atoms with Gasteiger partial charge >= 0.3 is 0 Å². The molecule has 4 rings (SSSR count). The van der Waals surface area contributed by atoms with E-state index in [0.29, 0.717) is 21.8 Å². The lowest BCUT2D eigenvalue weighted by Gasteiger charge is -2.10. The van der Waals surface area contributed by atoms with Crippen molar-refractivity contribution < 1.29 is 12.8 Å². The predicted octanol–water partition coefficient (Wildman–Crippen LogP) is 5.09. The molecule has 0 atom stereocenters. The van der Waals surface area contributed by atoms with Crippen LogP contribution in [0, 0.1) is 6.92 Å². The first-order valence-corrected chi connectivity index (χ1v) is 10.6. The molecule has 0 aliphatic heterocycles. The van der Waals surface area contributed by atoms with E-state index in [-0.39, 0.29) is 4.90 Å². The smallest absolute Gasteiger partial charge is 0.261 e. The van der Waals surface area contributed by atoms with Gasteiger partial charge in [-0.3, -0.25) is 4.72 Å². The Bertz CT molecular complexity index is 1050. The van der Waals surface area contributed by atoms with Gasteiger partial charge in [0.1, 0.15) is 0 Å². The summed E-state index contributed by atoms with van der Waals surface area (Å²) in [6.07, 6.45) is 3.94. The average molecular weight is 433 g/mol. The Hall–Kier alpha value is -2.12. The van der Waals surface area contributed by atoms with Crippen molar-refractivity contribution in [2.45, 2.75) is 30.6 Å². The van der Waals surface area contributed by atoms with Gasteiger partial charge in [0, 0.05) is 16.0 Å². The topological polar surface area (TPSA) is 72.2 Å². The van der Waals surface area contributed by atoms with E-state index in [2.05, 4.69) is 25.6 Å². The normalized spacial score (nSPS) is 14.4. The van der Waals surface area contributed by atoms with Crippen molar-refractivity contribution in [2.75, 3.05) is 4.72 Å². The van der Waals surface area contributed by atoms with E-state index in [1.165, 1.54) is 0 Å². The van der Waals surface area contributed by atoms with Crippen molar-refractivity contribution in [1.82, 2.24) is 4.98 Å². The number of nitrogens with zero attached hydrogens (tertiary/aromatic N) is 1. The molecule has 5 nitrogen and oxygen atoms in total. The van der Waals surface area contributed by atoms with E-state index in [4.69, 9.17) is 4.42 Å². The summed E-state index contributed by atoms with van der Waals surface area (Å²) >= 11 is 3.39. The number of halogens is 1. The first-order chi connectivity index (χ1) is 12.4. The molecule has 1 heterocycles. The molecule has 1 fully saturated rings. The number of oxazole rings is 1. The van der Waals surface area contributed by atoms with Crippen LogP contribution in [0.3, 0.4) is 0 Å². The third kappa shape index (κ3) is 3.54. The first kappa shape index (κ1) is 17.3. The highest BCUT2D eigenvalue weighted by atomic mass is 79.9. The predicted molar refractivity (Wildman–Crippen MR) is 104 cm³/mol. The van der Waals surface area contributed by atoms with E-state index in [1.807, 2.05) is 19.1 Å². The summed E-state index contributed by atoms with van der Waals surface area (Å²) in [5.41, 5.74) is 2.35. The second kappa shape index (κ2) is 6.55. The molecule has 1 aliphatic carbocycles. The molecule has 0 bridgehead atoms. The van der Waals surface area contributed by atoms with Gasteiger partial charge < -0.3 is 4.42 Å². The van der Waals surface area contributed by atoms with Crippen molar-refractivity contribution in [2.24, 2.45) is 0 Å². The minimum absolute atomic E-state index is 0.190. The zero-order valence-electron chi connectivity index (χ0n) is 14.1. The molecule has 0 spiro atoms. The largest absolute Gasteiger partial charge is 0.440 e. The lowest BCUT2D eigenvalue weighted by molar-refractivity contribution is 0.509. The number of rotatable bonds is 5. The van der Waals surface area contributed by atoms with Crippen LogP contribution in [0.5, 0.6) is 0 Å². The molecule has 2 aromatic carbocycles. The van der Waals surface area contributed by atoms with Crippen molar-refractivity contribution in [3.8, 4) is 11.3 Å². The van der Waals surface area contributed by atoms with Gasteiger partial charge in [0.25, 0.3) is 10.0 Å². The van der Waals surface area contributed by atoms with Crippen LogP contribution in [0.25, 0.3) is 11.3 Å². The highest BCUT2D eigenvalue weighted by Gasteiger charge is 2.28. The lowest BCUT2D eigenvalue weighted by Crippen LogP contribution is -2.13. The highest BCUT2D eigenvalue weighted by molar-refractivity contribution is 9.10. The third-order valence-corrected chi connectivity index (χ3v) is 6.31. The Morgan fingerprint density at radius 3 is 2.54 bits per heavy atom. The molecule has 134 valence electrons. The van der Waals surface area contributed by atoms with Crippen LogP contribution < -0.4 is 4.72 Å².